The molecule has 1 aliphatic rings. The smallest absolute Gasteiger partial charge is 0.223 e. The van der Waals surface area contributed by atoms with Crippen LogP contribution in [0.4, 0.5) is 0 Å². The number of amides is 1. The molecule has 17 heavy (non-hydrogen) atoms. The molecule has 1 aliphatic heterocycles. The highest BCUT2D eigenvalue weighted by molar-refractivity contribution is 5.76. The Morgan fingerprint density at radius 2 is 1.94 bits per heavy atom. The van der Waals surface area contributed by atoms with Crippen molar-refractivity contribution in [1.29, 1.82) is 0 Å². The van der Waals surface area contributed by atoms with Crippen molar-refractivity contribution in [3.05, 3.63) is 0 Å². The molecule has 0 atom stereocenters. The van der Waals surface area contributed by atoms with E-state index in [1.54, 1.807) is 0 Å². The Balaban J connectivity index is 1.96. The van der Waals surface area contributed by atoms with E-state index in [9.17, 15) is 4.79 Å². The maximum atomic E-state index is 11.8. The van der Waals surface area contributed by atoms with Crippen LogP contribution in [0, 0.1) is 0 Å². The average molecular weight is 242 g/mol. The third-order valence-corrected chi connectivity index (χ3v) is 2.95. The van der Waals surface area contributed by atoms with Gasteiger partial charge in [0.2, 0.25) is 5.91 Å². The molecule has 1 fully saturated rings. The zero-order valence-electron chi connectivity index (χ0n) is 11.2. The van der Waals surface area contributed by atoms with Crippen molar-refractivity contribution in [2.45, 2.75) is 45.6 Å². The molecule has 1 heterocycles. The monoisotopic (exact) mass is 242 g/mol. The van der Waals surface area contributed by atoms with E-state index in [4.69, 9.17) is 4.74 Å². The summed E-state index contributed by atoms with van der Waals surface area (Å²) < 4.78 is 5.41. The Morgan fingerprint density at radius 3 is 2.59 bits per heavy atom. The number of rotatable bonds is 7. The van der Waals surface area contributed by atoms with Crippen molar-refractivity contribution in [3.63, 3.8) is 0 Å². The third kappa shape index (κ3) is 6.64. The van der Waals surface area contributed by atoms with Crippen molar-refractivity contribution < 1.29 is 9.53 Å². The Bertz CT molecular complexity index is 213. The van der Waals surface area contributed by atoms with Gasteiger partial charge in [0.1, 0.15) is 0 Å². The number of piperidine rings is 1. The number of ether oxygens (including phenoxy) is 1. The highest BCUT2D eigenvalue weighted by Gasteiger charge is 2.15. The summed E-state index contributed by atoms with van der Waals surface area (Å²) in [5.41, 5.74) is 0. The van der Waals surface area contributed by atoms with Gasteiger partial charge in [-0.2, -0.15) is 0 Å². The molecule has 0 unspecified atom stereocenters. The number of hydrogen-bond donors (Lipinski definition) is 1. The minimum atomic E-state index is 0.284. The molecule has 0 saturated carbocycles. The first kappa shape index (κ1) is 14.5. The molecule has 0 aromatic rings. The number of likely N-dealkylation sites (tertiary alicyclic amines) is 1. The van der Waals surface area contributed by atoms with Crippen molar-refractivity contribution in [2.24, 2.45) is 0 Å². The first-order valence-corrected chi connectivity index (χ1v) is 6.80. The second kappa shape index (κ2) is 8.48. The summed E-state index contributed by atoms with van der Waals surface area (Å²) in [6, 6.07) is 0. The molecule has 0 bridgehead atoms. The zero-order valence-corrected chi connectivity index (χ0v) is 11.2. The number of carbonyl (C=O) groups is 1. The minimum absolute atomic E-state index is 0.284. The lowest BCUT2D eigenvalue weighted by Gasteiger charge is -2.26. The molecule has 100 valence electrons. The van der Waals surface area contributed by atoms with Gasteiger partial charge in [0, 0.05) is 32.6 Å². The molecular formula is C13H26N2O2. The number of nitrogens with zero attached hydrogens (tertiary/aromatic N) is 1. The third-order valence-electron chi connectivity index (χ3n) is 2.95. The first-order valence-electron chi connectivity index (χ1n) is 6.80. The van der Waals surface area contributed by atoms with Gasteiger partial charge in [-0.05, 0) is 33.1 Å². The van der Waals surface area contributed by atoms with Gasteiger partial charge in [-0.1, -0.05) is 0 Å². The van der Waals surface area contributed by atoms with Crippen LogP contribution in [0.25, 0.3) is 0 Å². The zero-order chi connectivity index (χ0) is 12.5. The molecule has 4 nitrogen and oxygen atoms in total. The predicted molar refractivity (Wildman–Crippen MR) is 69.0 cm³/mol. The van der Waals surface area contributed by atoms with Crippen molar-refractivity contribution in [1.82, 2.24) is 10.2 Å². The average Bonchev–Trinajstić information content (AvgIpc) is 2.34. The van der Waals surface area contributed by atoms with E-state index in [-0.39, 0.29) is 6.10 Å². The summed E-state index contributed by atoms with van der Waals surface area (Å²) in [7, 11) is 0. The number of carbonyl (C=O) groups excluding carboxylic acids is 1. The largest absolute Gasteiger partial charge is 0.377 e. The molecule has 4 heteroatoms. The van der Waals surface area contributed by atoms with Crippen LogP contribution in [-0.2, 0) is 9.53 Å². The molecule has 1 saturated heterocycles. The van der Waals surface area contributed by atoms with Crippen LogP contribution >= 0.6 is 0 Å². The molecule has 0 aromatic carbocycles. The predicted octanol–water partition coefficient (Wildman–Crippen LogP) is 1.40. The standard InChI is InChI=1S/C13H26N2O2/c1-12(2)17-11-8-14-7-6-13(16)15-9-4-3-5-10-15/h12,14H,3-11H2,1-2H3. The lowest BCUT2D eigenvalue weighted by atomic mass is 10.1. The first-order chi connectivity index (χ1) is 8.20. The van der Waals surface area contributed by atoms with Gasteiger partial charge in [0.05, 0.1) is 12.7 Å². The second-order valence-electron chi connectivity index (χ2n) is 4.86. The number of hydrogen-bond acceptors (Lipinski definition) is 3. The molecule has 1 rings (SSSR count). The van der Waals surface area contributed by atoms with E-state index >= 15 is 0 Å². The van der Waals surface area contributed by atoms with Crippen LogP contribution in [0.15, 0.2) is 0 Å². The van der Waals surface area contributed by atoms with E-state index in [0.29, 0.717) is 12.3 Å². The van der Waals surface area contributed by atoms with Crippen LogP contribution < -0.4 is 5.32 Å². The van der Waals surface area contributed by atoms with Gasteiger partial charge < -0.3 is 15.0 Å². The SMILES string of the molecule is CC(C)OCCNCCC(=O)N1CCCCC1. The Morgan fingerprint density at radius 1 is 1.24 bits per heavy atom. The van der Waals surface area contributed by atoms with Crippen LogP contribution in [0.1, 0.15) is 39.5 Å². The summed E-state index contributed by atoms with van der Waals surface area (Å²) in [5, 5.41) is 3.24. The fourth-order valence-electron chi connectivity index (χ4n) is 1.99. The van der Waals surface area contributed by atoms with Gasteiger partial charge in [0.25, 0.3) is 0 Å². The van der Waals surface area contributed by atoms with Crippen molar-refractivity contribution >= 4 is 5.91 Å². The fraction of sp³-hybridized carbons (Fsp3) is 0.923. The normalized spacial score (nSPS) is 16.5. The van der Waals surface area contributed by atoms with Crippen LogP contribution in [0.2, 0.25) is 0 Å². The summed E-state index contributed by atoms with van der Waals surface area (Å²) >= 11 is 0. The van der Waals surface area contributed by atoms with Gasteiger partial charge >= 0.3 is 0 Å². The van der Waals surface area contributed by atoms with E-state index < -0.39 is 0 Å². The Labute approximate surface area is 105 Å². The Hall–Kier alpha value is -0.610. The topological polar surface area (TPSA) is 41.6 Å². The maximum absolute atomic E-state index is 11.8. The Kier molecular flexibility index (Phi) is 7.21. The van der Waals surface area contributed by atoms with E-state index in [0.717, 1.165) is 32.8 Å². The van der Waals surface area contributed by atoms with Gasteiger partial charge in [-0.3, -0.25) is 4.79 Å². The maximum Gasteiger partial charge on any atom is 0.223 e. The molecule has 0 aromatic heterocycles. The quantitative estimate of drug-likeness (QED) is 0.686. The summed E-state index contributed by atoms with van der Waals surface area (Å²) in [6.07, 6.45) is 4.51. The minimum Gasteiger partial charge on any atom is -0.377 e. The van der Waals surface area contributed by atoms with E-state index in [1.165, 1.54) is 19.3 Å². The molecule has 1 N–H and O–H groups in total. The molecule has 0 radical (unpaired) electrons. The highest BCUT2D eigenvalue weighted by atomic mass is 16.5. The van der Waals surface area contributed by atoms with Crippen LogP contribution in [-0.4, -0.2) is 49.7 Å². The van der Waals surface area contributed by atoms with Crippen LogP contribution in [0.5, 0.6) is 0 Å². The molecule has 0 aliphatic carbocycles. The van der Waals surface area contributed by atoms with E-state index in [2.05, 4.69) is 5.32 Å². The molecular weight excluding hydrogens is 216 g/mol. The van der Waals surface area contributed by atoms with Gasteiger partial charge in [0.15, 0.2) is 0 Å². The highest BCUT2D eigenvalue weighted by Crippen LogP contribution is 2.09. The summed E-state index contributed by atoms with van der Waals surface area (Å²) in [4.78, 5) is 13.8. The van der Waals surface area contributed by atoms with Crippen LogP contribution in [0.3, 0.4) is 0 Å². The van der Waals surface area contributed by atoms with Crippen molar-refractivity contribution in [3.8, 4) is 0 Å². The molecule has 1 amide bonds. The summed E-state index contributed by atoms with van der Waals surface area (Å²) in [5.74, 6) is 0.293. The van der Waals surface area contributed by atoms with E-state index in [1.807, 2.05) is 18.7 Å². The fourth-order valence-corrected chi connectivity index (χ4v) is 1.99. The van der Waals surface area contributed by atoms with Gasteiger partial charge in [-0.15, -0.1) is 0 Å². The number of nitrogens with one attached hydrogen (secondary N) is 1. The van der Waals surface area contributed by atoms with Gasteiger partial charge in [-0.25, -0.2) is 0 Å². The lowest BCUT2D eigenvalue weighted by Crippen LogP contribution is -2.37. The molecule has 0 spiro atoms. The second-order valence-corrected chi connectivity index (χ2v) is 4.86. The van der Waals surface area contributed by atoms with Crippen molar-refractivity contribution in [2.75, 3.05) is 32.8 Å². The summed E-state index contributed by atoms with van der Waals surface area (Å²) in [6.45, 7) is 8.27. The lowest BCUT2D eigenvalue weighted by molar-refractivity contribution is -0.131.